The van der Waals surface area contributed by atoms with E-state index >= 15 is 0 Å². The van der Waals surface area contributed by atoms with Crippen molar-refractivity contribution in [2.75, 3.05) is 19.6 Å². The molecule has 6 nitrogen and oxygen atoms in total. The molecule has 3 N–H and O–H groups in total. The van der Waals surface area contributed by atoms with Crippen LogP contribution in [0.2, 0.25) is 0 Å². The van der Waals surface area contributed by atoms with E-state index in [1.54, 1.807) is 12.1 Å². The minimum absolute atomic E-state index is 0. The van der Waals surface area contributed by atoms with E-state index in [-0.39, 0.29) is 42.2 Å². The average molecular weight is 427 g/mol. The van der Waals surface area contributed by atoms with Crippen LogP contribution in [0, 0.1) is 0 Å². The van der Waals surface area contributed by atoms with Crippen LogP contribution in [-0.4, -0.2) is 40.0 Å². The van der Waals surface area contributed by atoms with E-state index in [2.05, 4.69) is 31.3 Å². The standard InChI is InChI=1S/C14H20BrN3O3S.ClH/c15-11-1-3-13(4-2-11)22(20,21)17-10-7-14(19)18-12-5-8-16-9-6-12;/h1-4,12,16-17H,5-10H2,(H,18,19);1H. The number of carbonyl (C=O) groups is 1. The Morgan fingerprint density at radius 2 is 1.83 bits per heavy atom. The molecular weight excluding hydrogens is 406 g/mol. The summed E-state index contributed by atoms with van der Waals surface area (Å²) in [5.41, 5.74) is 0. The Morgan fingerprint density at radius 3 is 2.43 bits per heavy atom. The Labute approximate surface area is 151 Å². The van der Waals surface area contributed by atoms with Gasteiger partial charge in [0, 0.05) is 23.5 Å². The summed E-state index contributed by atoms with van der Waals surface area (Å²) < 4.78 is 27.4. The molecule has 1 amide bonds. The van der Waals surface area contributed by atoms with E-state index in [0.717, 1.165) is 30.4 Å². The van der Waals surface area contributed by atoms with Gasteiger partial charge in [-0.1, -0.05) is 15.9 Å². The third-order valence-electron chi connectivity index (χ3n) is 3.47. The van der Waals surface area contributed by atoms with Gasteiger partial charge in [0.2, 0.25) is 15.9 Å². The van der Waals surface area contributed by atoms with Crippen LogP contribution in [0.25, 0.3) is 0 Å². The quantitative estimate of drug-likeness (QED) is 0.642. The minimum Gasteiger partial charge on any atom is -0.353 e. The Balaban J connectivity index is 0.00000264. The second kappa shape index (κ2) is 9.58. The first-order valence-electron chi connectivity index (χ1n) is 7.23. The predicted molar refractivity (Wildman–Crippen MR) is 95.2 cm³/mol. The third kappa shape index (κ3) is 6.76. The fraction of sp³-hybridized carbons (Fsp3) is 0.500. The number of hydrogen-bond donors (Lipinski definition) is 3. The molecule has 0 aromatic heterocycles. The Bertz CT molecular complexity index is 604. The minimum atomic E-state index is -3.57. The first-order chi connectivity index (χ1) is 10.5. The van der Waals surface area contributed by atoms with Crippen molar-refractivity contribution in [3.8, 4) is 0 Å². The molecule has 1 aliphatic rings. The Hall–Kier alpha value is -0.670. The van der Waals surface area contributed by atoms with Crippen molar-refractivity contribution in [2.24, 2.45) is 0 Å². The topological polar surface area (TPSA) is 87.3 Å². The van der Waals surface area contributed by atoms with Gasteiger partial charge in [0.05, 0.1) is 4.90 Å². The lowest BCUT2D eigenvalue weighted by atomic mass is 10.1. The van der Waals surface area contributed by atoms with Gasteiger partial charge in [-0.2, -0.15) is 0 Å². The molecule has 0 radical (unpaired) electrons. The lowest BCUT2D eigenvalue weighted by molar-refractivity contribution is -0.121. The highest BCUT2D eigenvalue weighted by Gasteiger charge is 2.17. The van der Waals surface area contributed by atoms with Crippen LogP contribution in [-0.2, 0) is 14.8 Å². The molecular formula is C14H21BrClN3O3S. The maximum atomic E-state index is 12.0. The van der Waals surface area contributed by atoms with Gasteiger partial charge in [0.25, 0.3) is 0 Å². The highest BCUT2D eigenvalue weighted by molar-refractivity contribution is 9.10. The Morgan fingerprint density at radius 1 is 1.22 bits per heavy atom. The molecule has 9 heteroatoms. The van der Waals surface area contributed by atoms with Crippen LogP contribution in [0.15, 0.2) is 33.6 Å². The van der Waals surface area contributed by atoms with E-state index in [1.165, 1.54) is 12.1 Å². The number of piperidine rings is 1. The molecule has 130 valence electrons. The molecule has 1 saturated heterocycles. The van der Waals surface area contributed by atoms with Crippen molar-refractivity contribution in [3.63, 3.8) is 0 Å². The summed E-state index contributed by atoms with van der Waals surface area (Å²) in [6, 6.07) is 6.55. The van der Waals surface area contributed by atoms with Crippen molar-refractivity contribution >= 4 is 44.3 Å². The summed E-state index contributed by atoms with van der Waals surface area (Å²) in [6.45, 7) is 1.90. The second-order valence-corrected chi connectivity index (χ2v) is 7.88. The third-order valence-corrected chi connectivity index (χ3v) is 5.48. The number of hydrogen-bond acceptors (Lipinski definition) is 4. The molecule has 23 heavy (non-hydrogen) atoms. The van der Waals surface area contributed by atoms with E-state index in [9.17, 15) is 13.2 Å². The van der Waals surface area contributed by atoms with Gasteiger partial charge in [0.15, 0.2) is 0 Å². The molecule has 1 aliphatic heterocycles. The summed E-state index contributed by atoms with van der Waals surface area (Å²) >= 11 is 3.26. The first-order valence-corrected chi connectivity index (χ1v) is 9.50. The van der Waals surface area contributed by atoms with E-state index < -0.39 is 10.0 Å². The zero-order chi connectivity index (χ0) is 16.0. The number of amides is 1. The normalized spacial score (nSPS) is 15.7. The van der Waals surface area contributed by atoms with Crippen molar-refractivity contribution in [3.05, 3.63) is 28.7 Å². The summed E-state index contributed by atoms with van der Waals surface area (Å²) in [5.74, 6) is -0.120. The van der Waals surface area contributed by atoms with Crippen LogP contribution in [0.3, 0.4) is 0 Å². The zero-order valence-electron chi connectivity index (χ0n) is 12.5. The summed E-state index contributed by atoms with van der Waals surface area (Å²) in [4.78, 5) is 12.0. The summed E-state index contributed by atoms with van der Waals surface area (Å²) in [6.07, 6.45) is 1.96. The number of sulfonamides is 1. The van der Waals surface area contributed by atoms with Crippen LogP contribution in [0.4, 0.5) is 0 Å². The fourth-order valence-electron chi connectivity index (χ4n) is 2.26. The van der Waals surface area contributed by atoms with Gasteiger partial charge in [-0.05, 0) is 50.2 Å². The number of nitrogens with one attached hydrogen (secondary N) is 3. The van der Waals surface area contributed by atoms with Crippen molar-refractivity contribution in [2.45, 2.75) is 30.2 Å². The summed E-state index contributed by atoms with van der Waals surface area (Å²) in [5, 5.41) is 6.16. The highest BCUT2D eigenvalue weighted by atomic mass is 79.9. The predicted octanol–water partition coefficient (Wildman–Crippen LogP) is 1.41. The SMILES string of the molecule is Cl.O=C(CCNS(=O)(=O)c1ccc(Br)cc1)NC1CCNCC1. The molecule has 0 bridgehead atoms. The lowest BCUT2D eigenvalue weighted by Crippen LogP contribution is -2.43. The van der Waals surface area contributed by atoms with Gasteiger partial charge in [-0.25, -0.2) is 13.1 Å². The molecule has 1 aromatic carbocycles. The molecule has 2 rings (SSSR count). The van der Waals surface area contributed by atoms with Crippen LogP contribution >= 0.6 is 28.3 Å². The molecule has 0 aliphatic carbocycles. The van der Waals surface area contributed by atoms with Crippen molar-refractivity contribution in [1.29, 1.82) is 0 Å². The molecule has 0 spiro atoms. The van der Waals surface area contributed by atoms with Crippen LogP contribution < -0.4 is 15.4 Å². The molecule has 1 fully saturated rings. The monoisotopic (exact) mass is 425 g/mol. The van der Waals surface area contributed by atoms with Crippen molar-refractivity contribution in [1.82, 2.24) is 15.4 Å². The number of halogens is 2. The van der Waals surface area contributed by atoms with Gasteiger partial charge < -0.3 is 10.6 Å². The summed E-state index contributed by atoms with van der Waals surface area (Å²) in [7, 11) is -3.57. The van der Waals surface area contributed by atoms with Crippen molar-refractivity contribution < 1.29 is 13.2 Å². The van der Waals surface area contributed by atoms with Gasteiger partial charge in [-0.15, -0.1) is 12.4 Å². The Kier molecular flexibility index (Phi) is 8.49. The maximum Gasteiger partial charge on any atom is 0.240 e. The largest absolute Gasteiger partial charge is 0.353 e. The van der Waals surface area contributed by atoms with E-state index in [1.807, 2.05) is 0 Å². The van der Waals surface area contributed by atoms with Gasteiger partial charge in [-0.3, -0.25) is 4.79 Å². The smallest absolute Gasteiger partial charge is 0.240 e. The average Bonchev–Trinajstić information content (AvgIpc) is 2.48. The van der Waals surface area contributed by atoms with Crippen LogP contribution in [0.1, 0.15) is 19.3 Å². The number of carbonyl (C=O) groups excluding carboxylic acids is 1. The van der Waals surface area contributed by atoms with Crippen LogP contribution in [0.5, 0.6) is 0 Å². The lowest BCUT2D eigenvalue weighted by Gasteiger charge is -2.23. The van der Waals surface area contributed by atoms with Gasteiger partial charge in [0.1, 0.15) is 0 Å². The second-order valence-electron chi connectivity index (χ2n) is 5.19. The zero-order valence-corrected chi connectivity index (χ0v) is 15.8. The fourth-order valence-corrected chi connectivity index (χ4v) is 3.56. The highest BCUT2D eigenvalue weighted by Crippen LogP contribution is 2.14. The molecule has 0 saturated carbocycles. The first kappa shape index (κ1) is 20.4. The molecule has 1 aromatic rings. The molecule has 1 heterocycles. The molecule has 0 unspecified atom stereocenters. The van der Waals surface area contributed by atoms with E-state index in [0.29, 0.717) is 0 Å². The number of benzene rings is 1. The van der Waals surface area contributed by atoms with Gasteiger partial charge >= 0.3 is 0 Å². The van der Waals surface area contributed by atoms with E-state index in [4.69, 9.17) is 0 Å². The number of rotatable bonds is 6. The molecule has 0 atom stereocenters. The maximum absolute atomic E-state index is 12.0.